The van der Waals surface area contributed by atoms with Crippen molar-refractivity contribution in [2.24, 2.45) is 5.92 Å². The molecule has 1 aliphatic rings. The third-order valence-corrected chi connectivity index (χ3v) is 7.23. The first-order valence-corrected chi connectivity index (χ1v) is 13.2. The molecule has 1 saturated heterocycles. The lowest BCUT2D eigenvalue weighted by atomic mass is 9.90. The lowest BCUT2D eigenvalue weighted by Crippen LogP contribution is -2.50. The zero-order valence-electron chi connectivity index (χ0n) is 22.2. The number of hydrogen-bond acceptors (Lipinski definition) is 5. The molecule has 1 heterocycles. The second-order valence-corrected chi connectivity index (χ2v) is 9.86. The topological polar surface area (TPSA) is 76.8 Å². The number of anilines is 1. The Bertz CT molecular complexity index is 1300. The Balaban J connectivity index is 1.46. The van der Waals surface area contributed by atoms with E-state index >= 15 is 0 Å². The molecule has 0 spiro atoms. The normalized spacial score (nSPS) is 15.1. The number of halogens is 1. The van der Waals surface area contributed by atoms with E-state index in [-0.39, 0.29) is 18.3 Å². The number of nitrogens with zero attached hydrogens (tertiary/aromatic N) is 3. The highest BCUT2D eigenvalue weighted by Gasteiger charge is 2.28. The summed E-state index contributed by atoms with van der Waals surface area (Å²) in [7, 11) is 1.54. The number of aliphatic hydroxyl groups excluding tert-OH is 1. The van der Waals surface area contributed by atoms with Crippen molar-refractivity contribution in [3.8, 4) is 11.8 Å². The fraction of sp³-hybridized carbons (Fsp3) is 0.312. The summed E-state index contributed by atoms with van der Waals surface area (Å²) in [6.45, 7) is 2.10. The number of aliphatic hydroxyl groups is 1. The molecular weight excluding hydrogens is 493 g/mol. The molecular formula is C32H34FN3O3. The molecule has 4 rings (SSSR count). The molecule has 7 heteroatoms. The van der Waals surface area contributed by atoms with E-state index in [1.807, 2.05) is 42.5 Å². The zero-order chi connectivity index (χ0) is 27.6. The molecule has 6 nitrogen and oxygen atoms in total. The van der Waals surface area contributed by atoms with Gasteiger partial charge in [0, 0.05) is 23.9 Å². The molecule has 0 aliphatic carbocycles. The maximum atomic E-state index is 13.6. The minimum atomic E-state index is -0.439. The van der Waals surface area contributed by atoms with Crippen molar-refractivity contribution in [2.45, 2.75) is 25.3 Å². The molecule has 3 aromatic carbocycles. The SMILES string of the molecule is COc1ccc(C#N)cc1C=CC(=O)N(c1ccccc1)[C@H](CO)CN1CCC(Cc2ccc(F)cc2)CC1. The van der Waals surface area contributed by atoms with Gasteiger partial charge in [0.25, 0.3) is 5.91 Å². The van der Waals surface area contributed by atoms with E-state index in [1.165, 1.54) is 18.2 Å². The molecule has 0 radical (unpaired) electrons. The van der Waals surface area contributed by atoms with Crippen molar-refractivity contribution in [1.82, 2.24) is 4.90 Å². The maximum Gasteiger partial charge on any atom is 0.251 e. The van der Waals surface area contributed by atoms with Crippen LogP contribution in [0.2, 0.25) is 0 Å². The first-order chi connectivity index (χ1) is 19.0. The van der Waals surface area contributed by atoms with Crippen LogP contribution in [0.15, 0.2) is 78.9 Å². The van der Waals surface area contributed by atoms with Crippen LogP contribution in [0.1, 0.15) is 29.5 Å². The Hall–Kier alpha value is -3.99. The van der Waals surface area contributed by atoms with Crippen molar-refractivity contribution in [2.75, 3.05) is 38.3 Å². The number of carbonyl (C=O) groups is 1. The second kappa shape index (κ2) is 13.7. The zero-order valence-corrected chi connectivity index (χ0v) is 22.2. The number of piperidine rings is 1. The Morgan fingerprint density at radius 1 is 1.15 bits per heavy atom. The summed E-state index contributed by atoms with van der Waals surface area (Å²) >= 11 is 0. The summed E-state index contributed by atoms with van der Waals surface area (Å²) in [5.74, 6) is 0.599. The highest BCUT2D eigenvalue weighted by Crippen LogP contribution is 2.25. The van der Waals surface area contributed by atoms with Crippen LogP contribution in [-0.2, 0) is 11.2 Å². The van der Waals surface area contributed by atoms with Crippen LogP contribution in [0.4, 0.5) is 10.1 Å². The molecule has 3 aromatic rings. The molecule has 1 amide bonds. The van der Waals surface area contributed by atoms with Crippen molar-refractivity contribution < 1.29 is 19.0 Å². The largest absolute Gasteiger partial charge is 0.496 e. The van der Waals surface area contributed by atoms with Crippen LogP contribution in [0.3, 0.4) is 0 Å². The molecule has 39 heavy (non-hydrogen) atoms. The highest BCUT2D eigenvalue weighted by molar-refractivity contribution is 6.04. The number of para-hydroxylation sites is 1. The Kier molecular flexibility index (Phi) is 9.85. The Morgan fingerprint density at radius 2 is 1.87 bits per heavy atom. The van der Waals surface area contributed by atoms with Gasteiger partial charge < -0.3 is 19.6 Å². The first kappa shape index (κ1) is 28.0. The van der Waals surface area contributed by atoms with E-state index in [9.17, 15) is 19.6 Å². The van der Waals surface area contributed by atoms with Crippen LogP contribution in [0, 0.1) is 23.1 Å². The first-order valence-electron chi connectivity index (χ1n) is 13.2. The number of benzene rings is 3. The predicted octanol–water partition coefficient (Wildman–Crippen LogP) is 5.07. The molecule has 1 N–H and O–H groups in total. The summed E-state index contributed by atoms with van der Waals surface area (Å²) in [6, 6.07) is 22.8. The van der Waals surface area contributed by atoms with Gasteiger partial charge in [0.05, 0.1) is 31.4 Å². The smallest absolute Gasteiger partial charge is 0.251 e. The van der Waals surface area contributed by atoms with Crippen LogP contribution < -0.4 is 9.64 Å². The van der Waals surface area contributed by atoms with Crippen LogP contribution >= 0.6 is 0 Å². The van der Waals surface area contributed by atoms with Crippen molar-refractivity contribution in [3.05, 3.63) is 101 Å². The van der Waals surface area contributed by atoms with Gasteiger partial charge >= 0.3 is 0 Å². The fourth-order valence-corrected chi connectivity index (χ4v) is 5.13. The van der Waals surface area contributed by atoms with E-state index in [0.717, 1.165) is 37.9 Å². The van der Waals surface area contributed by atoms with Gasteiger partial charge in [0.1, 0.15) is 11.6 Å². The molecule has 0 bridgehead atoms. The van der Waals surface area contributed by atoms with E-state index in [4.69, 9.17) is 4.74 Å². The van der Waals surface area contributed by atoms with Crippen LogP contribution in [0.5, 0.6) is 5.75 Å². The summed E-state index contributed by atoms with van der Waals surface area (Å²) in [4.78, 5) is 17.5. The van der Waals surface area contributed by atoms with Gasteiger partial charge in [-0.15, -0.1) is 0 Å². The molecule has 0 unspecified atom stereocenters. The van der Waals surface area contributed by atoms with E-state index < -0.39 is 6.04 Å². The summed E-state index contributed by atoms with van der Waals surface area (Å²) in [5, 5.41) is 19.7. The van der Waals surface area contributed by atoms with E-state index in [2.05, 4.69) is 11.0 Å². The minimum Gasteiger partial charge on any atom is -0.496 e. The van der Waals surface area contributed by atoms with Gasteiger partial charge in [-0.1, -0.05) is 30.3 Å². The third-order valence-electron chi connectivity index (χ3n) is 7.23. The van der Waals surface area contributed by atoms with E-state index in [1.54, 1.807) is 36.3 Å². The number of methoxy groups -OCH3 is 1. The van der Waals surface area contributed by atoms with Gasteiger partial charge in [-0.25, -0.2) is 4.39 Å². The van der Waals surface area contributed by atoms with Crippen molar-refractivity contribution >= 4 is 17.7 Å². The van der Waals surface area contributed by atoms with Crippen LogP contribution in [0.25, 0.3) is 6.08 Å². The highest BCUT2D eigenvalue weighted by atomic mass is 19.1. The van der Waals surface area contributed by atoms with Gasteiger partial charge in [0.15, 0.2) is 0 Å². The van der Waals surface area contributed by atoms with Gasteiger partial charge in [-0.3, -0.25) is 4.79 Å². The molecule has 0 aromatic heterocycles. The number of rotatable bonds is 10. The fourth-order valence-electron chi connectivity index (χ4n) is 5.13. The number of nitriles is 1. The Labute approximate surface area is 229 Å². The number of likely N-dealkylation sites (tertiary alicyclic amines) is 1. The molecule has 1 fully saturated rings. The third kappa shape index (κ3) is 7.53. The number of amides is 1. The lowest BCUT2D eigenvalue weighted by molar-refractivity contribution is -0.114. The molecule has 1 atom stereocenters. The van der Waals surface area contributed by atoms with Crippen molar-refractivity contribution in [3.63, 3.8) is 0 Å². The average molecular weight is 528 g/mol. The minimum absolute atomic E-state index is 0.183. The lowest BCUT2D eigenvalue weighted by Gasteiger charge is -2.37. The molecule has 0 saturated carbocycles. The average Bonchev–Trinajstić information content (AvgIpc) is 2.98. The summed E-state index contributed by atoms with van der Waals surface area (Å²) < 4.78 is 18.6. The van der Waals surface area contributed by atoms with Gasteiger partial charge in [-0.2, -0.15) is 5.26 Å². The van der Waals surface area contributed by atoms with Crippen LogP contribution in [-0.4, -0.2) is 55.3 Å². The molecule has 1 aliphatic heterocycles. The molecule has 202 valence electrons. The number of hydrogen-bond donors (Lipinski definition) is 1. The van der Waals surface area contributed by atoms with Gasteiger partial charge in [0.2, 0.25) is 0 Å². The standard InChI is InChI=1S/C32H34FN3O3/c1-39-31-13-9-26(21-34)20-27(31)10-14-32(38)36(29-5-3-2-4-6-29)30(23-37)22-35-17-15-25(16-18-35)19-24-7-11-28(33)12-8-24/h2-14,20,25,30,37H,15-19,22-23H2,1H3/t30-/m0/s1. The quantitative estimate of drug-likeness (QED) is 0.373. The van der Waals surface area contributed by atoms with Crippen molar-refractivity contribution in [1.29, 1.82) is 5.26 Å². The number of ether oxygens (including phenoxy) is 1. The maximum absolute atomic E-state index is 13.6. The van der Waals surface area contributed by atoms with Gasteiger partial charge in [-0.05, 0) is 92.4 Å². The monoisotopic (exact) mass is 527 g/mol. The van der Waals surface area contributed by atoms with E-state index in [0.29, 0.717) is 35.0 Å². The predicted molar refractivity (Wildman–Crippen MR) is 151 cm³/mol. The second-order valence-electron chi connectivity index (χ2n) is 9.86. The number of carbonyl (C=O) groups excluding carboxylic acids is 1. The summed E-state index contributed by atoms with van der Waals surface area (Å²) in [6.07, 6.45) is 6.04. The summed E-state index contributed by atoms with van der Waals surface area (Å²) in [5.41, 5.74) is 2.95. The Morgan fingerprint density at radius 3 is 2.51 bits per heavy atom.